The Hall–Kier alpha value is -2.15. The molecule has 0 radical (unpaired) electrons. The molecule has 3 fully saturated rings. The number of H-pyrrole nitrogens is 1. The molecule has 110 valence electrons. The maximum atomic E-state index is 10.8. The molecule has 0 aliphatic carbocycles. The molecule has 7 nitrogen and oxygen atoms in total. The van der Waals surface area contributed by atoms with E-state index in [9.17, 15) is 10.1 Å². The van der Waals surface area contributed by atoms with Crippen molar-refractivity contribution in [1.29, 1.82) is 0 Å². The molecule has 2 N–H and O–H groups in total. The van der Waals surface area contributed by atoms with Crippen LogP contribution in [0.15, 0.2) is 18.2 Å². The number of anilines is 1. The van der Waals surface area contributed by atoms with Crippen LogP contribution in [0.5, 0.6) is 0 Å². The third-order valence-electron chi connectivity index (χ3n) is 4.65. The molecule has 5 rings (SSSR count). The first-order valence-electron chi connectivity index (χ1n) is 7.32. The molecular weight excluding hydrogens is 270 g/mol. The average Bonchev–Trinajstić information content (AvgIpc) is 2.89. The van der Waals surface area contributed by atoms with Crippen molar-refractivity contribution in [2.45, 2.75) is 18.9 Å². The number of aromatic amines is 1. The van der Waals surface area contributed by atoms with Crippen LogP contribution in [0.4, 0.5) is 11.6 Å². The van der Waals surface area contributed by atoms with Gasteiger partial charge < -0.3 is 15.2 Å². The third-order valence-corrected chi connectivity index (χ3v) is 4.65. The summed E-state index contributed by atoms with van der Waals surface area (Å²) >= 11 is 0. The zero-order chi connectivity index (χ0) is 14.4. The Morgan fingerprint density at radius 2 is 2.19 bits per heavy atom. The number of nitrogens with zero attached hydrogens (tertiary/aromatic N) is 3. The van der Waals surface area contributed by atoms with E-state index in [1.54, 1.807) is 6.07 Å². The largest absolute Gasteiger partial charge is 0.351 e. The number of aromatic nitrogens is 2. The quantitative estimate of drug-likeness (QED) is 0.665. The first-order chi connectivity index (χ1) is 10.2. The van der Waals surface area contributed by atoms with E-state index in [-0.39, 0.29) is 10.6 Å². The molecule has 1 aromatic carbocycles. The number of nitro benzene ring substituents is 1. The van der Waals surface area contributed by atoms with Gasteiger partial charge in [0.05, 0.1) is 16.0 Å². The molecule has 1 atom stereocenters. The minimum absolute atomic E-state index is 0.0838. The number of fused-ring (bicyclic) bond motifs is 4. The third kappa shape index (κ3) is 2.23. The van der Waals surface area contributed by atoms with E-state index in [2.05, 4.69) is 20.2 Å². The lowest BCUT2D eigenvalue weighted by Gasteiger charge is -2.44. The highest BCUT2D eigenvalue weighted by Gasteiger charge is 2.34. The summed E-state index contributed by atoms with van der Waals surface area (Å²) in [4.78, 5) is 20.5. The van der Waals surface area contributed by atoms with Crippen molar-refractivity contribution in [1.82, 2.24) is 14.9 Å². The summed E-state index contributed by atoms with van der Waals surface area (Å²) in [6.07, 6.45) is 2.48. The SMILES string of the molecule is O=[N+]([O-])c1ccc2nc(NC3CN4CCC3CC4)[nH]c2c1. The number of benzene rings is 1. The molecule has 1 aromatic heterocycles. The molecule has 7 heteroatoms. The van der Waals surface area contributed by atoms with Crippen LogP contribution in [-0.4, -0.2) is 45.5 Å². The fraction of sp³-hybridized carbons (Fsp3) is 0.500. The first kappa shape index (κ1) is 12.6. The predicted molar refractivity (Wildman–Crippen MR) is 79.3 cm³/mol. The fourth-order valence-electron chi connectivity index (χ4n) is 3.48. The van der Waals surface area contributed by atoms with E-state index >= 15 is 0 Å². The van der Waals surface area contributed by atoms with Gasteiger partial charge >= 0.3 is 0 Å². The lowest BCUT2D eigenvalue weighted by Crippen LogP contribution is -2.53. The van der Waals surface area contributed by atoms with Gasteiger partial charge in [0.1, 0.15) is 0 Å². The standard InChI is InChI=1S/C14H17N5O2/c20-19(21)10-1-2-11-12(7-10)16-14(15-11)17-13-8-18-5-3-9(13)4-6-18/h1-2,7,9,13H,3-6,8H2,(H2,15,16,17). The fourth-order valence-corrected chi connectivity index (χ4v) is 3.48. The Kier molecular flexibility index (Phi) is 2.81. The molecule has 0 spiro atoms. The van der Waals surface area contributed by atoms with E-state index in [4.69, 9.17) is 0 Å². The second-order valence-electron chi connectivity index (χ2n) is 5.93. The van der Waals surface area contributed by atoms with E-state index in [0.717, 1.165) is 12.1 Å². The van der Waals surface area contributed by atoms with E-state index in [0.29, 0.717) is 23.4 Å². The van der Waals surface area contributed by atoms with Gasteiger partial charge in [-0.3, -0.25) is 10.1 Å². The van der Waals surface area contributed by atoms with Gasteiger partial charge in [0.15, 0.2) is 0 Å². The van der Waals surface area contributed by atoms with Crippen LogP contribution >= 0.6 is 0 Å². The van der Waals surface area contributed by atoms with E-state index in [1.807, 2.05) is 0 Å². The van der Waals surface area contributed by atoms with Crippen molar-refractivity contribution >= 4 is 22.7 Å². The van der Waals surface area contributed by atoms with Crippen LogP contribution in [0.25, 0.3) is 11.0 Å². The van der Waals surface area contributed by atoms with Crippen molar-refractivity contribution in [3.8, 4) is 0 Å². The Balaban J connectivity index is 1.58. The normalized spacial score (nSPS) is 27.9. The Bertz CT molecular complexity index is 690. The topological polar surface area (TPSA) is 87.1 Å². The molecule has 3 aliphatic heterocycles. The summed E-state index contributed by atoms with van der Waals surface area (Å²) in [5.41, 5.74) is 1.54. The summed E-state index contributed by atoms with van der Waals surface area (Å²) in [7, 11) is 0. The number of hydrogen-bond acceptors (Lipinski definition) is 5. The van der Waals surface area contributed by atoms with Gasteiger partial charge in [-0.2, -0.15) is 0 Å². The maximum Gasteiger partial charge on any atom is 0.271 e. The van der Waals surface area contributed by atoms with Crippen molar-refractivity contribution in [3.63, 3.8) is 0 Å². The first-order valence-corrected chi connectivity index (χ1v) is 7.32. The monoisotopic (exact) mass is 287 g/mol. The van der Waals surface area contributed by atoms with Crippen LogP contribution in [-0.2, 0) is 0 Å². The molecule has 0 saturated carbocycles. The summed E-state index contributed by atoms with van der Waals surface area (Å²) in [5.74, 6) is 1.42. The predicted octanol–water partition coefficient (Wildman–Crippen LogP) is 1.98. The summed E-state index contributed by atoms with van der Waals surface area (Å²) in [6, 6.07) is 5.12. The molecule has 2 aromatic rings. The lowest BCUT2D eigenvalue weighted by molar-refractivity contribution is -0.384. The number of rotatable bonds is 3. The molecule has 2 bridgehead atoms. The van der Waals surface area contributed by atoms with Crippen LogP contribution in [0, 0.1) is 16.0 Å². The van der Waals surface area contributed by atoms with Crippen molar-refractivity contribution < 1.29 is 4.92 Å². The highest BCUT2D eigenvalue weighted by molar-refractivity contribution is 5.79. The smallest absolute Gasteiger partial charge is 0.271 e. The van der Waals surface area contributed by atoms with Gasteiger partial charge in [0.2, 0.25) is 5.95 Å². The number of nitro groups is 1. The minimum Gasteiger partial charge on any atom is -0.351 e. The number of piperidine rings is 3. The highest BCUT2D eigenvalue weighted by atomic mass is 16.6. The van der Waals surface area contributed by atoms with Gasteiger partial charge in [0.25, 0.3) is 5.69 Å². The molecule has 0 amide bonds. The number of hydrogen-bond donors (Lipinski definition) is 2. The van der Waals surface area contributed by atoms with Gasteiger partial charge in [-0.05, 0) is 37.9 Å². The number of imidazole rings is 1. The second-order valence-corrected chi connectivity index (χ2v) is 5.93. The Morgan fingerprint density at radius 1 is 1.38 bits per heavy atom. The lowest BCUT2D eigenvalue weighted by atomic mass is 9.84. The Labute approximate surface area is 121 Å². The van der Waals surface area contributed by atoms with Gasteiger partial charge in [-0.1, -0.05) is 0 Å². The zero-order valence-electron chi connectivity index (χ0n) is 11.6. The van der Waals surface area contributed by atoms with Crippen molar-refractivity contribution in [2.24, 2.45) is 5.92 Å². The van der Waals surface area contributed by atoms with Gasteiger partial charge in [-0.25, -0.2) is 4.98 Å². The summed E-state index contributed by atoms with van der Waals surface area (Å²) < 4.78 is 0. The van der Waals surface area contributed by atoms with E-state index in [1.165, 1.54) is 38.1 Å². The van der Waals surface area contributed by atoms with Crippen LogP contribution in [0.2, 0.25) is 0 Å². The number of non-ortho nitro benzene ring substituents is 1. The molecule has 21 heavy (non-hydrogen) atoms. The molecule has 3 saturated heterocycles. The summed E-state index contributed by atoms with van der Waals surface area (Å²) in [5, 5.41) is 14.3. The van der Waals surface area contributed by atoms with Crippen LogP contribution in [0.1, 0.15) is 12.8 Å². The van der Waals surface area contributed by atoms with Crippen molar-refractivity contribution in [3.05, 3.63) is 28.3 Å². The maximum absolute atomic E-state index is 10.8. The van der Waals surface area contributed by atoms with E-state index < -0.39 is 0 Å². The molecule has 4 heterocycles. The number of nitrogens with one attached hydrogen (secondary N) is 2. The van der Waals surface area contributed by atoms with Gasteiger partial charge in [0, 0.05) is 24.7 Å². The average molecular weight is 287 g/mol. The zero-order valence-corrected chi connectivity index (χ0v) is 11.6. The summed E-state index contributed by atoms with van der Waals surface area (Å²) in [6.45, 7) is 3.46. The highest BCUT2D eigenvalue weighted by Crippen LogP contribution is 2.30. The van der Waals surface area contributed by atoms with Crippen LogP contribution in [0.3, 0.4) is 0 Å². The molecule has 1 unspecified atom stereocenters. The second kappa shape index (κ2) is 4.70. The van der Waals surface area contributed by atoms with Gasteiger partial charge in [-0.15, -0.1) is 0 Å². The Morgan fingerprint density at radius 3 is 2.86 bits per heavy atom. The molecular formula is C14H17N5O2. The molecule has 3 aliphatic rings. The minimum atomic E-state index is -0.388. The van der Waals surface area contributed by atoms with Crippen LogP contribution < -0.4 is 5.32 Å². The van der Waals surface area contributed by atoms with Crippen molar-refractivity contribution in [2.75, 3.05) is 25.0 Å².